The van der Waals surface area contributed by atoms with Gasteiger partial charge in [0.15, 0.2) is 0 Å². The SMILES string of the molecule is C=CCC(C)(C(=C)/C=C/c1cccc([N+](=O)[O-])c1)C1=c2ccccc2=CCC1(C)NC. The summed E-state index contributed by atoms with van der Waals surface area (Å²) in [6.07, 6.45) is 9.71. The predicted octanol–water partition coefficient (Wildman–Crippen LogP) is 4.76. The maximum absolute atomic E-state index is 11.1. The predicted molar refractivity (Wildman–Crippen MR) is 130 cm³/mol. The van der Waals surface area contributed by atoms with Crippen molar-refractivity contribution in [2.75, 3.05) is 7.05 Å². The summed E-state index contributed by atoms with van der Waals surface area (Å²) in [7, 11) is 2.00. The van der Waals surface area contributed by atoms with Crippen molar-refractivity contribution in [3.63, 3.8) is 0 Å². The van der Waals surface area contributed by atoms with Crippen LogP contribution in [0.25, 0.3) is 17.7 Å². The molecular weight excluding hydrogens is 384 g/mol. The van der Waals surface area contributed by atoms with Gasteiger partial charge in [0.05, 0.1) is 4.92 Å². The lowest BCUT2D eigenvalue weighted by atomic mass is 9.63. The number of fused-ring (bicyclic) bond motifs is 1. The Bertz CT molecular complexity index is 1180. The van der Waals surface area contributed by atoms with Crippen LogP contribution in [0.2, 0.25) is 0 Å². The van der Waals surface area contributed by atoms with E-state index >= 15 is 0 Å². The van der Waals surface area contributed by atoms with Gasteiger partial charge in [0.2, 0.25) is 0 Å². The summed E-state index contributed by atoms with van der Waals surface area (Å²) in [6.45, 7) is 12.9. The maximum atomic E-state index is 11.1. The fourth-order valence-corrected chi connectivity index (χ4v) is 4.55. The van der Waals surface area contributed by atoms with Gasteiger partial charge in [-0.2, -0.15) is 0 Å². The van der Waals surface area contributed by atoms with E-state index in [-0.39, 0.29) is 21.6 Å². The molecule has 0 fully saturated rings. The van der Waals surface area contributed by atoms with E-state index in [2.05, 4.69) is 62.7 Å². The molecule has 0 radical (unpaired) electrons. The molecule has 0 saturated carbocycles. The van der Waals surface area contributed by atoms with Crippen molar-refractivity contribution in [1.29, 1.82) is 0 Å². The lowest BCUT2D eigenvalue weighted by molar-refractivity contribution is -0.384. The topological polar surface area (TPSA) is 55.2 Å². The molecule has 1 N–H and O–H groups in total. The molecule has 0 aliphatic heterocycles. The third-order valence-corrected chi connectivity index (χ3v) is 6.43. The zero-order valence-electron chi connectivity index (χ0n) is 18.5. The van der Waals surface area contributed by atoms with Gasteiger partial charge in [-0.25, -0.2) is 0 Å². The largest absolute Gasteiger partial charge is 0.311 e. The van der Waals surface area contributed by atoms with Gasteiger partial charge in [0.25, 0.3) is 5.69 Å². The van der Waals surface area contributed by atoms with Crippen LogP contribution >= 0.6 is 0 Å². The van der Waals surface area contributed by atoms with Gasteiger partial charge in [-0.05, 0) is 54.0 Å². The van der Waals surface area contributed by atoms with Crippen molar-refractivity contribution in [3.8, 4) is 0 Å². The van der Waals surface area contributed by atoms with Crippen molar-refractivity contribution >= 4 is 23.4 Å². The van der Waals surface area contributed by atoms with Gasteiger partial charge in [-0.3, -0.25) is 10.1 Å². The minimum absolute atomic E-state index is 0.0792. The normalized spacial score (nSPS) is 19.9. The van der Waals surface area contributed by atoms with E-state index in [9.17, 15) is 10.1 Å². The molecule has 2 unspecified atom stereocenters. The van der Waals surface area contributed by atoms with Crippen LogP contribution in [-0.4, -0.2) is 17.5 Å². The Kier molecular flexibility index (Phi) is 6.42. The minimum Gasteiger partial charge on any atom is -0.311 e. The first kappa shape index (κ1) is 22.4. The van der Waals surface area contributed by atoms with Crippen LogP contribution in [0.5, 0.6) is 0 Å². The number of allylic oxidation sites excluding steroid dienone is 3. The fourth-order valence-electron chi connectivity index (χ4n) is 4.55. The van der Waals surface area contributed by atoms with E-state index in [0.29, 0.717) is 0 Å². The molecule has 4 heteroatoms. The number of benzene rings is 2. The molecule has 2 atom stereocenters. The summed E-state index contributed by atoms with van der Waals surface area (Å²) in [6, 6.07) is 15.1. The van der Waals surface area contributed by atoms with Crippen LogP contribution < -0.4 is 15.8 Å². The number of hydrogen-bond donors (Lipinski definition) is 1. The van der Waals surface area contributed by atoms with Crippen LogP contribution in [-0.2, 0) is 0 Å². The molecule has 1 aliphatic rings. The summed E-state index contributed by atoms with van der Waals surface area (Å²) in [4.78, 5) is 10.7. The molecule has 2 aromatic carbocycles. The number of nitrogens with one attached hydrogen (secondary N) is 1. The first-order valence-corrected chi connectivity index (χ1v) is 10.5. The summed E-state index contributed by atoms with van der Waals surface area (Å²) < 4.78 is 0. The molecule has 1 aliphatic carbocycles. The Hall–Kier alpha value is -3.24. The van der Waals surface area contributed by atoms with Gasteiger partial charge in [-0.15, -0.1) is 6.58 Å². The first-order chi connectivity index (χ1) is 14.7. The van der Waals surface area contributed by atoms with Crippen molar-refractivity contribution in [3.05, 3.63) is 106 Å². The van der Waals surface area contributed by atoms with Crippen molar-refractivity contribution in [2.24, 2.45) is 5.41 Å². The maximum Gasteiger partial charge on any atom is 0.270 e. The molecule has 2 aromatic rings. The molecule has 4 nitrogen and oxygen atoms in total. The number of nitro groups is 1. The molecule has 0 amide bonds. The van der Waals surface area contributed by atoms with Crippen LogP contribution in [0.3, 0.4) is 0 Å². The molecule has 31 heavy (non-hydrogen) atoms. The highest BCUT2D eigenvalue weighted by Crippen LogP contribution is 2.46. The molecule has 160 valence electrons. The second-order valence-corrected chi connectivity index (χ2v) is 8.49. The van der Waals surface area contributed by atoms with E-state index in [1.807, 2.05) is 31.3 Å². The Labute approximate surface area is 184 Å². The molecule has 0 bridgehead atoms. The average Bonchev–Trinajstić information content (AvgIpc) is 2.77. The number of nitro benzene ring substituents is 1. The number of rotatable bonds is 8. The van der Waals surface area contributed by atoms with Crippen LogP contribution in [0.1, 0.15) is 32.3 Å². The second kappa shape index (κ2) is 8.86. The monoisotopic (exact) mass is 414 g/mol. The molecule has 0 heterocycles. The van der Waals surface area contributed by atoms with Crippen LogP contribution in [0, 0.1) is 15.5 Å². The summed E-state index contributed by atoms with van der Waals surface area (Å²) >= 11 is 0. The van der Waals surface area contributed by atoms with Crippen molar-refractivity contribution in [2.45, 2.75) is 32.2 Å². The quantitative estimate of drug-likeness (QED) is 0.293. The number of nitrogens with zero attached hydrogens (tertiary/aromatic N) is 1. The van der Waals surface area contributed by atoms with E-state index in [1.54, 1.807) is 12.1 Å². The molecule has 0 spiro atoms. The number of hydrogen-bond acceptors (Lipinski definition) is 3. The molecular formula is C27H30N2O2. The summed E-state index contributed by atoms with van der Waals surface area (Å²) in [5.41, 5.74) is 2.47. The standard InChI is InChI=1S/C27H30N2O2/c1-6-17-26(3,20(2)14-15-21-10-9-12-23(19-21)29(30)31)25-24-13-8-7-11-22(24)16-18-27(25,4)28-5/h6-16,19,28H,1-2,17-18H2,3-5H3/b15-14+. The lowest BCUT2D eigenvalue weighted by Crippen LogP contribution is -2.53. The van der Waals surface area contributed by atoms with Crippen LogP contribution in [0.15, 0.2) is 79.4 Å². The van der Waals surface area contributed by atoms with Crippen molar-refractivity contribution < 1.29 is 4.92 Å². The van der Waals surface area contributed by atoms with E-state index in [4.69, 9.17) is 0 Å². The Balaban J connectivity index is 2.14. The highest BCUT2D eigenvalue weighted by atomic mass is 16.6. The summed E-state index contributed by atoms with van der Waals surface area (Å²) in [5.74, 6) is 0. The highest BCUT2D eigenvalue weighted by Gasteiger charge is 2.41. The number of non-ortho nitro benzene ring substituents is 1. The summed E-state index contributed by atoms with van der Waals surface area (Å²) in [5, 5.41) is 17.1. The van der Waals surface area contributed by atoms with Gasteiger partial charge >= 0.3 is 0 Å². The Morgan fingerprint density at radius 3 is 2.71 bits per heavy atom. The van der Waals surface area contributed by atoms with Gasteiger partial charge in [0, 0.05) is 23.1 Å². The second-order valence-electron chi connectivity index (χ2n) is 8.49. The fraction of sp³-hybridized carbons (Fsp3) is 0.259. The zero-order chi connectivity index (χ0) is 22.6. The van der Waals surface area contributed by atoms with E-state index in [1.165, 1.54) is 22.1 Å². The third kappa shape index (κ3) is 4.30. The molecule has 0 aromatic heterocycles. The van der Waals surface area contributed by atoms with E-state index in [0.717, 1.165) is 24.0 Å². The smallest absolute Gasteiger partial charge is 0.270 e. The zero-order valence-corrected chi connectivity index (χ0v) is 18.5. The highest BCUT2D eigenvalue weighted by molar-refractivity contribution is 5.71. The van der Waals surface area contributed by atoms with Gasteiger partial charge in [-0.1, -0.05) is 74.2 Å². The van der Waals surface area contributed by atoms with Crippen LogP contribution in [0.4, 0.5) is 5.69 Å². The first-order valence-electron chi connectivity index (χ1n) is 10.5. The lowest BCUT2D eigenvalue weighted by Gasteiger charge is -2.44. The molecule has 0 saturated heterocycles. The van der Waals surface area contributed by atoms with Crippen molar-refractivity contribution in [1.82, 2.24) is 5.32 Å². The van der Waals surface area contributed by atoms with Gasteiger partial charge < -0.3 is 5.32 Å². The Morgan fingerprint density at radius 1 is 1.29 bits per heavy atom. The van der Waals surface area contributed by atoms with Gasteiger partial charge in [0.1, 0.15) is 0 Å². The Morgan fingerprint density at radius 2 is 2.03 bits per heavy atom. The van der Waals surface area contributed by atoms with E-state index < -0.39 is 0 Å². The minimum atomic E-state index is -0.377. The third-order valence-electron chi connectivity index (χ3n) is 6.43. The molecule has 3 rings (SSSR count). The average molecular weight is 415 g/mol.